The number of fused-ring (bicyclic) bond motifs is 1. The lowest BCUT2D eigenvalue weighted by Gasteiger charge is -2.30. The van der Waals surface area contributed by atoms with E-state index in [0.717, 1.165) is 35.0 Å². The molecule has 3 aromatic carbocycles. The van der Waals surface area contributed by atoms with Crippen molar-refractivity contribution in [1.29, 1.82) is 0 Å². The average molecular weight is 556 g/mol. The van der Waals surface area contributed by atoms with Crippen LogP contribution in [0.15, 0.2) is 78.9 Å². The van der Waals surface area contributed by atoms with E-state index in [1.54, 1.807) is 30.3 Å². The number of benzene rings is 3. The van der Waals surface area contributed by atoms with Gasteiger partial charge in [-0.05, 0) is 61.4 Å². The van der Waals surface area contributed by atoms with Crippen molar-refractivity contribution in [1.82, 2.24) is 10.0 Å². The Kier molecular flexibility index (Phi) is 7.68. The first-order valence-electron chi connectivity index (χ1n) is 13.1. The molecule has 0 bridgehead atoms. The molecular formula is C30H25N3O8. The molecule has 5 rings (SSSR count). The van der Waals surface area contributed by atoms with Gasteiger partial charge in [-0.25, -0.2) is 9.80 Å². The number of esters is 1. The molecule has 2 aliphatic rings. The summed E-state index contributed by atoms with van der Waals surface area (Å²) in [5.74, 6) is -3.95. The highest BCUT2D eigenvalue weighted by molar-refractivity contribution is 6.09. The number of ketones is 1. The molecule has 1 aliphatic carbocycles. The van der Waals surface area contributed by atoms with E-state index in [-0.39, 0.29) is 22.6 Å². The second-order valence-electron chi connectivity index (χ2n) is 9.86. The number of Topliss-reactive ketones (excluding diaryl/α,β-unsaturated/α-hetero) is 1. The number of carbonyl (C=O) groups excluding carboxylic acids is 5. The van der Waals surface area contributed by atoms with Crippen molar-refractivity contribution < 1.29 is 33.6 Å². The summed E-state index contributed by atoms with van der Waals surface area (Å²) in [5, 5.41) is 12.7. The molecule has 1 heterocycles. The van der Waals surface area contributed by atoms with Crippen LogP contribution in [0.4, 0.5) is 5.69 Å². The Morgan fingerprint density at radius 3 is 1.93 bits per heavy atom. The number of imide groups is 1. The number of carbonyl (C=O) groups is 5. The molecule has 3 amide bonds. The molecule has 0 aromatic heterocycles. The quantitative estimate of drug-likeness (QED) is 0.100. The van der Waals surface area contributed by atoms with Crippen LogP contribution in [-0.4, -0.2) is 51.0 Å². The normalized spacial score (nSPS) is 18.0. The summed E-state index contributed by atoms with van der Waals surface area (Å²) in [7, 11) is 0. The molecule has 2 atom stereocenters. The van der Waals surface area contributed by atoms with Crippen LogP contribution >= 0.6 is 0 Å². The van der Waals surface area contributed by atoms with E-state index in [4.69, 9.17) is 4.74 Å². The van der Waals surface area contributed by atoms with E-state index >= 15 is 0 Å². The van der Waals surface area contributed by atoms with Gasteiger partial charge in [-0.15, -0.1) is 0 Å². The zero-order valence-electron chi connectivity index (χ0n) is 21.8. The zero-order valence-corrected chi connectivity index (χ0v) is 21.8. The number of rotatable bonds is 8. The number of nitro benzene ring substituents is 1. The van der Waals surface area contributed by atoms with Crippen LogP contribution < -0.4 is 4.74 Å². The summed E-state index contributed by atoms with van der Waals surface area (Å²) < 4.78 is 5.34. The molecule has 0 spiro atoms. The summed E-state index contributed by atoms with van der Waals surface area (Å²) in [6.07, 6.45) is 2.60. The first-order chi connectivity index (χ1) is 19.7. The van der Waals surface area contributed by atoms with Crippen molar-refractivity contribution in [2.75, 3.05) is 6.54 Å². The van der Waals surface area contributed by atoms with Gasteiger partial charge in [0.1, 0.15) is 12.3 Å². The van der Waals surface area contributed by atoms with E-state index < -0.39 is 52.8 Å². The number of hydrogen-bond donors (Lipinski definition) is 0. The molecular weight excluding hydrogens is 530 g/mol. The van der Waals surface area contributed by atoms with Crippen molar-refractivity contribution in [2.45, 2.75) is 25.7 Å². The standard InChI is InChI=1S/C30H25N3O8/c34-26(19-12-16-23(17-13-19)41-30(38)21-6-2-1-3-7-21)18-31(27(35)20-10-14-22(15-11-20)33(39)40)32-28(36)24-8-4-5-9-25(24)29(32)37/h1-3,6-7,10-17,24-25H,4-5,8-9,18H2/t24-,25-/m1/s1. The smallest absolute Gasteiger partial charge is 0.343 e. The van der Waals surface area contributed by atoms with Gasteiger partial charge in [-0.2, -0.15) is 5.01 Å². The highest BCUT2D eigenvalue weighted by Gasteiger charge is 2.51. The largest absolute Gasteiger partial charge is 0.423 e. The van der Waals surface area contributed by atoms with Gasteiger partial charge in [0.25, 0.3) is 23.4 Å². The van der Waals surface area contributed by atoms with Crippen molar-refractivity contribution in [3.8, 4) is 5.75 Å². The number of non-ortho nitro benzene ring substituents is 1. The second kappa shape index (κ2) is 11.5. The molecule has 1 saturated carbocycles. The van der Waals surface area contributed by atoms with E-state index in [9.17, 15) is 34.1 Å². The first kappa shape index (κ1) is 27.4. The number of hydrogen-bond acceptors (Lipinski definition) is 8. The molecule has 3 aromatic rings. The predicted octanol–water partition coefficient (Wildman–Crippen LogP) is 4.23. The molecule has 41 heavy (non-hydrogen) atoms. The maximum Gasteiger partial charge on any atom is 0.343 e. The van der Waals surface area contributed by atoms with Gasteiger partial charge in [0.2, 0.25) is 0 Å². The predicted molar refractivity (Wildman–Crippen MR) is 144 cm³/mol. The number of amides is 3. The minimum atomic E-state index is -0.818. The van der Waals surface area contributed by atoms with Crippen molar-refractivity contribution in [3.63, 3.8) is 0 Å². The van der Waals surface area contributed by atoms with Crippen molar-refractivity contribution in [2.24, 2.45) is 11.8 Å². The summed E-state index contributed by atoms with van der Waals surface area (Å²) in [5.41, 5.74) is 0.245. The van der Waals surface area contributed by atoms with Gasteiger partial charge in [0, 0.05) is 23.3 Å². The Morgan fingerprint density at radius 1 is 0.805 bits per heavy atom. The Labute approximate surface area is 234 Å². The molecule has 11 nitrogen and oxygen atoms in total. The SMILES string of the molecule is O=C(CN(C(=O)c1ccc([N+](=O)[O-])cc1)N1C(=O)[C@@H]2CCCC[C@H]2C1=O)c1ccc(OC(=O)c2ccccc2)cc1. The number of hydrazine groups is 1. The summed E-state index contributed by atoms with van der Waals surface area (Å²) in [6.45, 7) is -0.629. The third kappa shape index (κ3) is 5.60. The van der Waals surface area contributed by atoms with E-state index in [0.29, 0.717) is 18.4 Å². The molecule has 0 N–H and O–H groups in total. The maximum atomic E-state index is 13.6. The summed E-state index contributed by atoms with van der Waals surface area (Å²) >= 11 is 0. The van der Waals surface area contributed by atoms with Crippen LogP contribution in [0.1, 0.15) is 56.8 Å². The van der Waals surface area contributed by atoms with Gasteiger partial charge in [0.15, 0.2) is 5.78 Å². The Hall–Kier alpha value is -5.19. The molecule has 0 radical (unpaired) electrons. The third-order valence-corrected chi connectivity index (χ3v) is 7.31. The van der Waals surface area contributed by atoms with E-state index in [2.05, 4.69) is 0 Å². The third-order valence-electron chi connectivity index (χ3n) is 7.31. The summed E-state index contributed by atoms with van der Waals surface area (Å²) in [4.78, 5) is 76.3. The van der Waals surface area contributed by atoms with Gasteiger partial charge in [0.05, 0.1) is 22.3 Å². The highest BCUT2D eigenvalue weighted by Crippen LogP contribution is 2.39. The average Bonchev–Trinajstić information content (AvgIpc) is 3.25. The molecule has 1 aliphatic heterocycles. The fraction of sp³-hybridized carbons (Fsp3) is 0.233. The molecule has 1 saturated heterocycles. The van der Waals surface area contributed by atoms with Crippen molar-refractivity contribution >= 4 is 35.2 Å². The van der Waals surface area contributed by atoms with Gasteiger partial charge < -0.3 is 4.74 Å². The molecule has 11 heteroatoms. The first-order valence-corrected chi connectivity index (χ1v) is 13.1. The van der Waals surface area contributed by atoms with Crippen LogP contribution in [0.3, 0.4) is 0 Å². The van der Waals surface area contributed by atoms with Crippen LogP contribution in [0.25, 0.3) is 0 Å². The van der Waals surface area contributed by atoms with Crippen LogP contribution in [-0.2, 0) is 9.59 Å². The van der Waals surface area contributed by atoms with Crippen LogP contribution in [0.2, 0.25) is 0 Å². The van der Waals surface area contributed by atoms with Gasteiger partial charge in [-0.3, -0.25) is 29.3 Å². The van der Waals surface area contributed by atoms with Gasteiger partial charge >= 0.3 is 5.97 Å². The van der Waals surface area contributed by atoms with Crippen LogP contribution in [0, 0.1) is 22.0 Å². The molecule has 0 unspecified atom stereocenters. The molecule has 2 fully saturated rings. The molecule has 208 valence electrons. The number of ether oxygens (including phenoxy) is 1. The van der Waals surface area contributed by atoms with E-state index in [1.165, 1.54) is 36.4 Å². The minimum Gasteiger partial charge on any atom is -0.423 e. The number of nitrogens with zero attached hydrogens (tertiary/aromatic N) is 3. The zero-order chi connectivity index (χ0) is 29.1. The maximum absolute atomic E-state index is 13.6. The number of nitro groups is 1. The highest BCUT2D eigenvalue weighted by atomic mass is 16.6. The lowest BCUT2D eigenvalue weighted by Crippen LogP contribution is -2.52. The lowest BCUT2D eigenvalue weighted by atomic mass is 9.81. The fourth-order valence-electron chi connectivity index (χ4n) is 5.17. The second-order valence-corrected chi connectivity index (χ2v) is 9.86. The monoisotopic (exact) mass is 555 g/mol. The Balaban J connectivity index is 1.38. The fourth-order valence-corrected chi connectivity index (χ4v) is 5.17. The lowest BCUT2D eigenvalue weighted by molar-refractivity contribution is -0.384. The van der Waals surface area contributed by atoms with Crippen molar-refractivity contribution in [3.05, 3.63) is 106 Å². The summed E-state index contributed by atoms with van der Waals surface area (Å²) in [6, 6.07) is 18.8. The minimum absolute atomic E-state index is 0.0259. The topological polar surface area (TPSA) is 144 Å². The van der Waals surface area contributed by atoms with Crippen LogP contribution in [0.5, 0.6) is 5.75 Å². The Bertz CT molecular complexity index is 1500. The van der Waals surface area contributed by atoms with Gasteiger partial charge in [-0.1, -0.05) is 31.0 Å². The van der Waals surface area contributed by atoms with E-state index in [1.807, 2.05) is 0 Å². The Morgan fingerprint density at radius 2 is 1.37 bits per heavy atom.